The van der Waals surface area contributed by atoms with Gasteiger partial charge in [0.25, 0.3) is 5.91 Å². The van der Waals surface area contributed by atoms with Crippen molar-refractivity contribution >= 4 is 49.3 Å². The molecule has 1 saturated carbocycles. The maximum absolute atomic E-state index is 13.2. The van der Waals surface area contributed by atoms with E-state index in [0.717, 1.165) is 6.20 Å². The van der Waals surface area contributed by atoms with Crippen molar-refractivity contribution in [3.8, 4) is 0 Å². The minimum Gasteiger partial charge on any atom is -0.388 e. The molecular formula is C17H14FN5O4S3. The van der Waals surface area contributed by atoms with Gasteiger partial charge in [-0.15, -0.1) is 21.5 Å². The smallest absolute Gasteiger partial charge is 0.280 e. The number of oxime groups is 1. The monoisotopic (exact) mass is 467 g/mol. The van der Waals surface area contributed by atoms with Crippen molar-refractivity contribution in [3.63, 3.8) is 0 Å². The van der Waals surface area contributed by atoms with Gasteiger partial charge in [-0.25, -0.2) is 13.4 Å². The summed E-state index contributed by atoms with van der Waals surface area (Å²) < 4.78 is 37.9. The molecule has 1 fully saturated rings. The number of nitrogens with zero attached hydrogens (tertiary/aromatic N) is 4. The lowest BCUT2D eigenvalue weighted by Gasteiger charge is -2.08. The maximum atomic E-state index is 13.2. The molecule has 1 aliphatic carbocycles. The third-order valence-electron chi connectivity index (χ3n) is 4.08. The van der Waals surface area contributed by atoms with Crippen LogP contribution in [0.25, 0.3) is 0 Å². The SMILES string of the molecule is O=C(Nc1ncc(F)s1)/C(=N/OCc1nncs1)c1ccc(S(=O)(=O)C2CC2)cc1. The van der Waals surface area contributed by atoms with Crippen LogP contribution in [0.2, 0.25) is 0 Å². The molecule has 1 aliphatic rings. The zero-order valence-electron chi connectivity index (χ0n) is 15.2. The number of amides is 1. The Hall–Kier alpha value is -2.77. The van der Waals surface area contributed by atoms with Gasteiger partial charge in [-0.05, 0) is 25.0 Å². The summed E-state index contributed by atoms with van der Waals surface area (Å²) >= 11 is 1.93. The highest BCUT2D eigenvalue weighted by Crippen LogP contribution is 2.33. The van der Waals surface area contributed by atoms with E-state index in [-0.39, 0.29) is 27.6 Å². The summed E-state index contributed by atoms with van der Waals surface area (Å²) in [4.78, 5) is 21.9. The van der Waals surface area contributed by atoms with E-state index < -0.39 is 20.9 Å². The first-order chi connectivity index (χ1) is 14.4. The molecule has 0 saturated heterocycles. The number of halogens is 1. The van der Waals surface area contributed by atoms with Crippen LogP contribution in [0.3, 0.4) is 0 Å². The predicted octanol–water partition coefficient (Wildman–Crippen LogP) is 2.63. The predicted molar refractivity (Wildman–Crippen MR) is 109 cm³/mol. The Morgan fingerprint density at radius 2 is 2.07 bits per heavy atom. The Morgan fingerprint density at radius 1 is 1.30 bits per heavy atom. The highest BCUT2D eigenvalue weighted by Gasteiger charge is 2.36. The molecule has 9 nitrogen and oxygen atoms in total. The van der Waals surface area contributed by atoms with Crippen molar-refractivity contribution in [2.24, 2.45) is 5.16 Å². The van der Waals surface area contributed by atoms with Gasteiger partial charge in [-0.2, -0.15) is 4.39 Å². The van der Waals surface area contributed by atoms with Crippen LogP contribution in [0.4, 0.5) is 9.52 Å². The van der Waals surface area contributed by atoms with Crippen LogP contribution in [0.5, 0.6) is 0 Å². The number of carbonyl (C=O) groups is 1. The highest BCUT2D eigenvalue weighted by molar-refractivity contribution is 7.92. The van der Waals surface area contributed by atoms with Crippen molar-refractivity contribution in [2.45, 2.75) is 29.6 Å². The molecule has 30 heavy (non-hydrogen) atoms. The van der Waals surface area contributed by atoms with Gasteiger partial charge in [0.2, 0.25) is 0 Å². The van der Waals surface area contributed by atoms with E-state index >= 15 is 0 Å². The van der Waals surface area contributed by atoms with Crippen LogP contribution < -0.4 is 5.32 Å². The number of benzene rings is 1. The van der Waals surface area contributed by atoms with Crippen LogP contribution in [0.1, 0.15) is 23.4 Å². The van der Waals surface area contributed by atoms with Crippen molar-refractivity contribution in [2.75, 3.05) is 5.32 Å². The Bertz CT molecular complexity index is 1170. The Morgan fingerprint density at radius 3 is 2.67 bits per heavy atom. The molecule has 2 aromatic heterocycles. The van der Waals surface area contributed by atoms with Crippen molar-refractivity contribution in [1.29, 1.82) is 0 Å². The molecule has 156 valence electrons. The largest absolute Gasteiger partial charge is 0.388 e. The lowest BCUT2D eigenvalue weighted by atomic mass is 10.1. The molecule has 0 aliphatic heterocycles. The standard InChI is InChI=1S/C17H14FN5O4S3/c18-13-7-19-17(29-13)21-16(24)15(23-27-8-14-22-20-9-28-14)10-1-3-11(4-2-10)30(25,26)12-5-6-12/h1-4,7,9,12H,5-6,8H2,(H,19,21,24)/b23-15+. The number of aromatic nitrogens is 3. The molecule has 4 rings (SSSR count). The molecule has 0 spiro atoms. The van der Waals surface area contributed by atoms with Crippen molar-refractivity contribution < 1.29 is 22.4 Å². The molecule has 1 aromatic carbocycles. The lowest BCUT2D eigenvalue weighted by Crippen LogP contribution is -2.24. The average molecular weight is 468 g/mol. The third kappa shape index (κ3) is 4.68. The van der Waals surface area contributed by atoms with Crippen LogP contribution in [-0.4, -0.2) is 40.5 Å². The molecule has 0 unspecified atom stereocenters. The van der Waals surface area contributed by atoms with Crippen LogP contribution in [0.15, 0.2) is 46.0 Å². The van der Waals surface area contributed by atoms with E-state index in [1.54, 1.807) is 0 Å². The Labute approximate surface area is 178 Å². The first kappa shape index (κ1) is 20.5. The van der Waals surface area contributed by atoms with Gasteiger partial charge in [0.05, 0.1) is 16.3 Å². The van der Waals surface area contributed by atoms with Gasteiger partial charge in [0.15, 0.2) is 37.4 Å². The van der Waals surface area contributed by atoms with Gasteiger partial charge < -0.3 is 4.84 Å². The van der Waals surface area contributed by atoms with Crippen molar-refractivity contribution in [3.05, 3.63) is 51.7 Å². The number of carbonyl (C=O) groups excluding carboxylic acids is 1. The maximum Gasteiger partial charge on any atom is 0.280 e. The zero-order chi connectivity index (χ0) is 21.1. The fourth-order valence-electron chi connectivity index (χ4n) is 2.48. The third-order valence-corrected chi connectivity index (χ3v) is 7.73. The van der Waals surface area contributed by atoms with Crippen molar-refractivity contribution in [1.82, 2.24) is 15.2 Å². The molecule has 3 aromatic rings. The second kappa shape index (κ2) is 8.53. The van der Waals surface area contributed by atoms with Crippen LogP contribution >= 0.6 is 22.7 Å². The first-order valence-electron chi connectivity index (χ1n) is 8.65. The second-order valence-electron chi connectivity index (χ2n) is 6.24. The fourth-order valence-corrected chi connectivity index (χ4v) is 5.11. The summed E-state index contributed by atoms with van der Waals surface area (Å²) in [5.41, 5.74) is 1.74. The normalized spacial score (nSPS) is 14.5. The molecule has 2 heterocycles. The minimum atomic E-state index is -3.36. The Kier molecular flexibility index (Phi) is 5.83. The first-order valence-corrected chi connectivity index (χ1v) is 11.9. The van der Waals surface area contributed by atoms with Gasteiger partial charge in [0, 0.05) is 5.56 Å². The molecule has 0 radical (unpaired) electrons. The van der Waals surface area contributed by atoms with E-state index in [2.05, 4.69) is 25.7 Å². The summed E-state index contributed by atoms with van der Waals surface area (Å²) in [6, 6.07) is 5.81. The van der Waals surface area contributed by atoms with Gasteiger partial charge >= 0.3 is 0 Å². The summed E-state index contributed by atoms with van der Waals surface area (Å²) in [5, 5.41) is 13.6. The Balaban J connectivity index is 1.57. The number of hydrogen-bond acceptors (Lipinski definition) is 10. The number of hydrogen-bond donors (Lipinski definition) is 1. The summed E-state index contributed by atoms with van der Waals surface area (Å²) in [6.07, 6.45) is 2.30. The molecular weight excluding hydrogens is 453 g/mol. The molecule has 0 bridgehead atoms. The number of thiazole rings is 1. The molecule has 1 N–H and O–H groups in total. The van der Waals surface area contributed by atoms with E-state index in [1.165, 1.54) is 41.1 Å². The zero-order valence-corrected chi connectivity index (χ0v) is 17.6. The number of anilines is 1. The summed E-state index contributed by atoms with van der Waals surface area (Å²) in [5.74, 6) is -0.681. The number of sulfone groups is 1. The second-order valence-corrected chi connectivity index (χ2v) is 10.4. The quantitative estimate of drug-likeness (QED) is 0.399. The summed E-state index contributed by atoms with van der Waals surface area (Å²) in [6.45, 7) is 0.00146. The fraction of sp³-hybridized carbons (Fsp3) is 0.235. The molecule has 0 atom stereocenters. The van der Waals surface area contributed by atoms with Gasteiger partial charge in [0.1, 0.15) is 5.51 Å². The topological polar surface area (TPSA) is 124 Å². The van der Waals surface area contributed by atoms with Crippen LogP contribution in [0, 0.1) is 5.13 Å². The van der Waals surface area contributed by atoms with E-state index in [1.807, 2.05) is 0 Å². The molecule has 13 heteroatoms. The van der Waals surface area contributed by atoms with E-state index in [4.69, 9.17) is 4.84 Å². The summed E-state index contributed by atoms with van der Waals surface area (Å²) in [7, 11) is -3.36. The lowest BCUT2D eigenvalue weighted by molar-refractivity contribution is -0.110. The van der Waals surface area contributed by atoms with E-state index in [0.29, 0.717) is 34.7 Å². The van der Waals surface area contributed by atoms with Crippen LogP contribution in [-0.2, 0) is 26.1 Å². The van der Waals surface area contributed by atoms with Gasteiger partial charge in [-0.1, -0.05) is 28.6 Å². The average Bonchev–Trinajstić information content (AvgIpc) is 3.34. The molecule has 1 amide bonds. The highest BCUT2D eigenvalue weighted by atomic mass is 32.2. The van der Waals surface area contributed by atoms with E-state index in [9.17, 15) is 17.6 Å². The minimum absolute atomic E-state index is 0.00146. The van der Waals surface area contributed by atoms with Gasteiger partial charge in [-0.3, -0.25) is 10.1 Å². The number of nitrogens with one attached hydrogen (secondary N) is 1. The number of rotatable bonds is 8.